The van der Waals surface area contributed by atoms with Crippen LogP contribution in [0.4, 0.5) is 0 Å². The molecule has 134 valence electrons. The van der Waals surface area contributed by atoms with Gasteiger partial charge in [-0.1, -0.05) is 46.9 Å². The van der Waals surface area contributed by atoms with Crippen molar-refractivity contribution < 1.29 is 4.74 Å². The van der Waals surface area contributed by atoms with E-state index < -0.39 is 0 Å². The molecule has 5 nitrogen and oxygen atoms in total. The van der Waals surface area contributed by atoms with Gasteiger partial charge in [-0.2, -0.15) is 14.9 Å². The molecule has 0 aliphatic carbocycles. The zero-order valence-electron chi connectivity index (χ0n) is 13.5. The predicted octanol–water partition coefficient (Wildman–Crippen LogP) is 5.85. The third kappa shape index (κ3) is 3.78. The molecule has 9 heteroatoms. The van der Waals surface area contributed by atoms with E-state index in [-0.39, 0.29) is 0 Å². The van der Waals surface area contributed by atoms with Crippen LogP contribution in [0, 0.1) is 4.77 Å². The zero-order chi connectivity index (χ0) is 18.7. The van der Waals surface area contributed by atoms with E-state index in [1.807, 2.05) is 31.2 Å². The van der Waals surface area contributed by atoms with E-state index in [0.717, 1.165) is 5.56 Å². The number of nitrogens with one attached hydrogen (secondary N) is 1. The number of H-pyrrole nitrogens is 1. The number of rotatable bonds is 5. The molecule has 0 aliphatic heterocycles. The maximum Gasteiger partial charge on any atom is 0.216 e. The number of hydrogen-bond donors (Lipinski definition) is 1. The highest BCUT2D eigenvalue weighted by Crippen LogP contribution is 2.31. The third-order valence-corrected chi connectivity index (χ3v) is 4.87. The molecule has 0 radical (unpaired) electrons. The summed E-state index contributed by atoms with van der Waals surface area (Å²) in [4.78, 5) is 0. The summed E-state index contributed by atoms with van der Waals surface area (Å²) < 4.78 is 7.45. The lowest BCUT2D eigenvalue weighted by atomic mass is 10.2. The van der Waals surface area contributed by atoms with Gasteiger partial charge in [0.25, 0.3) is 0 Å². The number of ether oxygens (including phenoxy) is 1. The molecule has 0 unspecified atom stereocenters. The van der Waals surface area contributed by atoms with E-state index >= 15 is 0 Å². The van der Waals surface area contributed by atoms with Crippen molar-refractivity contribution >= 4 is 53.2 Å². The van der Waals surface area contributed by atoms with E-state index in [9.17, 15) is 0 Å². The summed E-state index contributed by atoms with van der Waals surface area (Å²) in [6, 6.07) is 10.8. The van der Waals surface area contributed by atoms with Gasteiger partial charge in [0.2, 0.25) is 4.77 Å². The Morgan fingerprint density at radius 3 is 2.69 bits per heavy atom. The van der Waals surface area contributed by atoms with Gasteiger partial charge in [0.15, 0.2) is 5.82 Å². The van der Waals surface area contributed by atoms with Crippen LogP contribution in [-0.4, -0.2) is 27.7 Å². The second kappa shape index (κ2) is 8.22. The first kappa shape index (κ1) is 18.9. The van der Waals surface area contributed by atoms with Crippen molar-refractivity contribution in [2.45, 2.75) is 6.92 Å². The molecule has 0 fully saturated rings. The smallest absolute Gasteiger partial charge is 0.216 e. The first-order valence-corrected chi connectivity index (χ1v) is 9.14. The Balaban J connectivity index is 2.08. The van der Waals surface area contributed by atoms with Gasteiger partial charge in [0.05, 0.1) is 33.5 Å². The highest BCUT2D eigenvalue weighted by atomic mass is 35.5. The maximum absolute atomic E-state index is 6.22. The van der Waals surface area contributed by atoms with Crippen LogP contribution in [0.15, 0.2) is 41.5 Å². The van der Waals surface area contributed by atoms with Crippen molar-refractivity contribution in [3.05, 3.63) is 61.8 Å². The Labute approximate surface area is 170 Å². The fourth-order valence-electron chi connectivity index (χ4n) is 2.28. The van der Waals surface area contributed by atoms with Gasteiger partial charge in [-0.15, -0.1) is 0 Å². The minimum absolute atomic E-state index is 0.314. The van der Waals surface area contributed by atoms with Gasteiger partial charge in [0.1, 0.15) is 5.75 Å². The summed E-state index contributed by atoms with van der Waals surface area (Å²) in [6.45, 7) is 2.44. The van der Waals surface area contributed by atoms with Crippen LogP contribution in [0.5, 0.6) is 5.75 Å². The molecule has 26 heavy (non-hydrogen) atoms. The summed E-state index contributed by atoms with van der Waals surface area (Å²) >= 11 is 23.7. The Kier molecular flexibility index (Phi) is 5.98. The van der Waals surface area contributed by atoms with Crippen molar-refractivity contribution in [3.63, 3.8) is 0 Å². The topological polar surface area (TPSA) is 55.2 Å². The molecule has 0 amide bonds. The maximum atomic E-state index is 6.22. The van der Waals surface area contributed by atoms with Gasteiger partial charge < -0.3 is 4.74 Å². The van der Waals surface area contributed by atoms with Gasteiger partial charge >= 0.3 is 0 Å². The summed E-state index contributed by atoms with van der Waals surface area (Å²) in [5.41, 5.74) is 1.25. The highest BCUT2D eigenvalue weighted by molar-refractivity contribution is 7.71. The van der Waals surface area contributed by atoms with Crippen molar-refractivity contribution in [2.24, 2.45) is 5.10 Å². The summed E-state index contributed by atoms with van der Waals surface area (Å²) in [7, 11) is 0. The SMILES string of the molecule is CCOc1ccccc1-c1n[nH]c(=S)n1/N=C\c1c(Cl)ccc(Cl)c1Cl. The van der Waals surface area contributed by atoms with Gasteiger partial charge in [-0.3, -0.25) is 0 Å². The van der Waals surface area contributed by atoms with E-state index in [4.69, 9.17) is 51.8 Å². The van der Waals surface area contributed by atoms with Crippen LogP contribution in [0.25, 0.3) is 11.4 Å². The van der Waals surface area contributed by atoms with Gasteiger partial charge in [-0.05, 0) is 43.4 Å². The van der Waals surface area contributed by atoms with Crippen LogP contribution >= 0.6 is 47.0 Å². The molecule has 1 heterocycles. The lowest BCUT2D eigenvalue weighted by Gasteiger charge is -2.09. The van der Waals surface area contributed by atoms with Crippen molar-refractivity contribution in [2.75, 3.05) is 6.61 Å². The molecule has 0 spiro atoms. The number of aromatic nitrogens is 3. The van der Waals surface area contributed by atoms with Crippen molar-refractivity contribution in [1.82, 2.24) is 14.9 Å². The van der Waals surface area contributed by atoms with Crippen molar-refractivity contribution in [3.8, 4) is 17.1 Å². The second-order valence-electron chi connectivity index (χ2n) is 5.09. The quantitative estimate of drug-likeness (QED) is 0.316. The van der Waals surface area contributed by atoms with E-state index in [0.29, 0.717) is 43.6 Å². The number of para-hydroxylation sites is 1. The second-order valence-corrected chi connectivity index (χ2v) is 6.67. The van der Waals surface area contributed by atoms with E-state index in [1.165, 1.54) is 10.9 Å². The number of benzene rings is 2. The number of halogens is 3. The van der Waals surface area contributed by atoms with Gasteiger partial charge in [0, 0.05) is 5.56 Å². The number of aromatic amines is 1. The van der Waals surface area contributed by atoms with Gasteiger partial charge in [-0.25, -0.2) is 5.10 Å². The molecule has 1 N–H and O–H groups in total. The summed E-state index contributed by atoms with van der Waals surface area (Å²) in [5.74, 6) is 1.18. The molecule has 0 saturated carbocycles. The molecule has 2 aromatic carbocycles. The number of nitrogens with zero attached hydrogens (tertiary/aromatic N) is 3. The molecule has 0 atom stereocenters. The average Bonchev–Trinajstić information content (AvgIpc) is 3.00. The lowest BCUT2D eigenvalue weighted by molar-refractivity contribution is 0.341. The molecular weight excluding hydrogens is 415 g/mol. The molecule has 1 aromatic heterocycles. The summed E-state index contributed by atoms with van der Waals surface area (Å²) in [5, 5.41) is 12.5. The minimum atomic E-state index is 0.314. The van der Waals surface area contributed by atoms with Crippen LogP contribution in [0.3, 0.4) is 0 Å². The van der Waals surface area contributed by atoms with Crippen LogP contribution in [0.1, 0.15) is 12.5 Å². The molecule has 0 saturated heterocycles. The Morgan fingerprint density at radius 1 is 1.19 bits per heavy atom. The monoisotopic (exact) mass is 426 g/mol. The zero-order valence-corrected chi connectivity index (χ0v) is 16.6. The summed E-state index contributed by atoms with van der Waals surface area (Å²) in [6.07, 6.45) is 1.49. The Bertz CT molecular complexity index is 1030. The Hall–Kier alpha value is -1.86. The van der Waals surface area contributed by atoms with Crippen LogP contribution < -0.4 is 4.74 Å². The largest absolute Gasteiger partial charge is 0.493 e. The van der Waals surface area contributed by atoms with E-state index in [2.05, 4.69) is 15.3 Å². The van der Waals surface area contributed by atoms with Crippen LogP contribution in [0.2, 0.25) is 15.1 Å². The standard InChI is InChI=1S/C17H13Cl3N4OS/c1-2-25-14-6-4-3-5-10(14)16-22-23-17(26)24(16)21-9-11-12(18)7-8-13(19)15(11)20/h3-9H,2H2,1H3,(H,23,26)/b21-9-. The average molecular weight is 428 g/mol. The first-order chi connectivity index (χ1) is 12.5. The molecule has 3 rings (SSSR count). The molecular formula is C17H13Cl3N4OS. The normalized spacial score (nSPS) is 11.2. The van der Waals surface area contributed by atoms with Crippen molar-refractivity contribution in [1.29, 1.82) is 0 Å². The Morgan fingerprint density at radius 2 is 1.92 bits per heavy atom. The lowest BCUT2D eigenvalue weighted by Crippen LogP contribution is -1.99. The fraction of sp³-hybridized carbons (Fsp3) is 0.118. The van der Waals surface area contributed by atoms with E-state index in [1.54, 1.807) is 12.1 Å². The third-order valence-electron chi connectivity index (χ3n) is 3.46. The minimum Gasteiger partial charge on any atom is -0.493 e. The van der Waals surface area contributed by atoms with Crippen LogP contribution in [-0.2, 0) is 0 Å². The molecule has 0 aliphatic rings. The highest BCUT2D eigenvalue weighted by Gasteiger charge is 2.14. The molecule has 3 aromatic rings. The number of hydrogen-bond acceptors (Lipinski definition) is 4. The predicted molar refractivity (Wildman–Crippen MR) is 108 cm³/mol. The fourth-order valence-corrected chi connectivity index (χ4v) is 3.09. The molecule has 0 bridgehead atoms. The first-order valence-electron chi connectivity index (χ1n) is 7.60.